The molecule has 0 aliphatic carbocycles. The van der Waals surface area contributed by atoms with Crippen molar-refractivity contribution >= 4 is 5.91 Å². The number of benzene rings is 1. The molecule has 25 heavy (non-hydrogen) atoms. The zero-order valence-electron chi connectivity index (χ0n) is 15.8. The molecule has 0 spiro atoms. The van der Waals surface area contributed by atoms with Gasteiger partial charge in [-0.1, -0.05) is 37.3 Å². The van der Waals surface area contributed by atoms with Crippen LogP contribution in [-0.4, -0.2) is 61.0 Å². The molecule has 1 amide bonds. The smallest absolute Gasteiger partial charge is 0.224 e. The van der Waals surface area contributed by atoms with Crippen molar-refractivity contribution in [1.82, 2.24) is 15.1 Å². The Morgan fingerprint density at radius 1 is 1.08 bits per heavy atom. The third-order valence-corrected chi connectivity index (χ3v) is 5.12. The average molecular weight is 347 g/mol. The van der Waals surface area contributed by atoms with Crippen LogP contribution < -0.4 is 11.1 Å². The van der Waals surface area contributed by atoms with Crippen LogP contribution in [0.3, 0.4) is 0 Å². The van der Waals surface area contributed by atoms with Crippen molar-refractivity contribution < 1.29 is 4.79 Å². The number of amides is 1. The molecular formula is C20H34N4O. The van der Waals surface area contributed by atoms with Crippen LogP contribution in [0.15, 0.2) is 30.3 Å². The van der Waals surface area contributed by atoms with Crippen molar-refractivity contribution in [2.24, 2.45) is 11.7 Å². The van der Waals surface area contributed by atoms with Crippen molar-refractivity contribution in [2.75, 3.05) is 39.3 Å². The van der Waals surface area contributed by atoms with Gasteiger partial charge in [0, 0.05) is 51.2 Å². The monoisotopic (exact) mass is 346 g/mol. The van der Waals surface area contributed by atoms with Gasteiger partial charge in [0.15, 0.2) is 0 Å². The number of hydrogen-bond donors (Lipinski definition) is 2. The average Bonchev–Trinajstić information content (AvgIpc) is 2.62. The molecule has 1 aromatic rings. The van der Waals surface area contributed by atoms with Crippen molar-refractivity contribution in [3.8, 4) is 0 Å². The summed E-state index contributed by atoms with van der Waals surface area (Å²) in [5, 5.41) is 2.99. The predicted octanol–water partition coefficient (Wildman–Crippen LogP) is 1.68. The Morgan fingerprint density at radius 3 is 2.36 bits per heavy atom. The van der Waals surface area contributed by atoms with E-state index in [1.807, 2.05) is 13.8 Å². The molecule has 1 heterocycles. The SMILES string of the molecule is CC(N)C(C)C(=O)NCCCCN1CCN(Cc2ccccc2)CC1. The number of piperazine rings is 1. The molecule has 2 unspecified atom stereocenters. The molecule has 1 fully saturated rings. The van der Waals surface area contributed by atoms with Gasteiger partial charge < -0.3 is 16.0 Å². The summed E-state index contributed by atoms with van der Waals surface area (Å²) in [6.45, 7) is 11.2. The van der Waals surface area contributed by atoms with E-state index in [9.17, 15) is 4.79 Å². The highest BCUT2D eigenvalue weighted by atomic mass is 16.1. The van der Waals surface area contributed by atoms with E-state index in [2.05, 4.69) is 45.4 Å². The highest BCUT2D eigenvalue weighted by Crippen LogP contribution is 2.09. The number of hydrogen-bond acceptors (Lipinski definition) is 4. The molecule has 1 saturated heterocycles. The maximum absolute atomic E-state index is 11.8. The van der Waals surface area contributed by atoms with E-state index in [-0.39, 0.29) is 17.9 Å². The molecule has 0 aromatic heterocycles. The number of nitrogens with zero attached hydrogens (tertiary/aromatic N) is 2. The maximum Gasteiger partial charge on any atom is 0.224 e. The van der Waals surface area contributed by atoms with E-state index in [0.717, 1.165) is 58.7 Å². The Labute approximate surface area is 152 Å². The minimum absolute atomic E-state index is 0.0736. The fraction of sp³-hybridized carbons (Fsp3) is 0.650. The minimum atomic E-state index is -0.113. The first-order chi connectivity index (χ1) is 12.1. The molecule has 140 valence electrons. The second-order valence-electron chi connectivity index (χ2n) is 7.25. The van der Waals surface area contributed by atoms with Gasteiger partial charge >= 0.3 is 0 Å². The Morgan fingerprint density at radius 2 is 1.72 bits per heavy atom. The first kappa shape index (κ1) is 19.9. The number of nitrogens with one attached hydrogen (secondary N) is 1. The van der Waals surface area contributed by atoms with Crippen LogP contribution in [0.1, 0.15) is 32.3 Å². The molecular weight excluding hydrogens is 312 g/mol. The Kier molecular flexibility index (Phi) is 8.38. The van der Waals surface area contributed by atoms with Gasteiger partial charge in [-0.05, 0) is 31.9 Å². The summed E-state index contributed by atoms with van der Waals surface area (Å²) in [4.78, 5) is 16.9. The number of carbonyl (C=O) groups is 1. The highest BCUT2D eigenvalue weighted by Gasteiger charge is 2.17. The molecule has 5 heteroatoms. The Balaban J connectivity index is 1.53. The van der Waals surface area contributed by atoms with Crippen LogP contribution in [0, 0.1) is 5.92 Å². The fourth-order valence-corrected chi connectivity index (χ4v) is 3.08. The van der Waals surface area contributed by atoms with Gasteiger partial charge in [-0.3, -0.25) is 9.69 Å². The molecule has 1 aliphatic rings. The molecule has 1 aliphatic heterocycles. The summed E-state index contributed by atoms with van der Waals surface area (Å²) in [6, 6.07) is 10.6. The summed E-state index contributed by atoms with van der Waals surface area (Å²) >= 11 is 0. The van der Waals surface area contributed by atoms with E-state index < -0.39 is 0 Å². The standard InChI is InChI=1S/C20H34N4O/c1-17(18(2)21)20(25)22-10-6-7-11-23-12-14-24(15-13-23)16-19-8-4-3-5-9-19/h3-5,8-9,17-18H,6-7,10-16,21H2,1-2H3,(H,22,25). The first-order valence-corrected chi connectivity index (χ1v) is 9.58. The summed E-state index contributed by atoms with van der Waals surface area (Å²) in [5.41, 5.74) is 7.15. The topological polar surface area (TPSA) is 61.6 Å². The zero-order valence-corrected chi connectivity index (χ0v) is 15.8. The van der Waals surface area contributed by atoms with E-state index in [4.69, 9.17) is 5.73 Å². The lowest BCUT2D eigenvalue weighted by Gasteiger charge is -2.34. The zero-order chi connectivity index (χ0) is 18.1. The first-order valence-electron chi connectivity index (χ1n) is 9.58. The number of rotatable bonds is 9. The summed E-state index contributed by atoms with van der Waals surface area (Å²) in [6.07, 6.45) is 2.16. The molecule has 3 N–H and O–H groups in total. The molecule has 0 saturated carbocycles. The largest absolute Gasteiger partial charge is 0.356 e. The van der Waals surface area contributed by atoms with Gasteiger partial charge in [0.1, 0.15) is 0 Å². The second-order valence-corrected chi connectivity index (χ2v) is 7.25. The lowest BCUT2D eigenvalue weighted by molar-refractivity contribution is -0.124. The van der Waals surface area contributed by atoms with Crippen LogP contribution in [-0.2, 0) is 11.3 Å². The van der Waals surface area contributed by atoms with Crippen LogP contribution in [0.5, 0.6) is 0 Å². The highest BCUT2D eigenvalue weighted by molar-refractivity contribution is 5.78. The van der Waals surface area contributed by atoms with E-state index in [0.29, 0.717) is 0 Å². The lowest BCUT2D eigenvalue weighted by atomic mass is 10.0. The lowest BCUT2D eigenvalue weighted by Crippen LogP contribution is -2.46. The van der Waals surface area contributed by atoms with Crippen molar-refractivity contribution in [1.29, 1.82) is 0 Å². The Bertz CT molecular complexity index is 498. The van der Waals surface area contributed by atoms with Gasteiger partial charge in [-0.15, -0.1) is 0 Å². The third-order valence-electron chi connectivity index (χ3n) is 5.12. The number of carbonyl (C=O) groups excluding carboxylic acids is 1. The molecule has 1 aromatic carbocycles. The molecule has 2 rings (SSSR count). The van der Waals surface area contributed by atoms with E-state index in [1.54, 1.807) is 0 Å². The van der Waals surface area contributed by atoms with Gasteiger partial charge in [0.05, 0.1) is 0 Å². The molecule has 5 nitrogen and oxygen atoms in total. The summed E-state index contributed by atoms with van der Waals surface area (Å²) in [5.74, 6) is -0.0396. The number of nitrogens with two attached hydrogens (primary N) is 1. The molecule has 0 bridgehead atoms. The van der Waals surface area contributed by atoms with Gasteiger partial charge in [0.25, 0.3) is 0 Å². The normalized spacial score (nSPS) is 18.7. The van der Waals surface area contributed by atoms with Gasteiger partial charge in [-0.25, -0.2) is 0 Å². The Hall–Kier alpha value is -1.43. The van der Waals surface area contributed by atoms with E-state index >= 15 is 0 Å². The minimum Gasteiger partial charge on any atom is -0.356 e. The second kappa shape index (κ2) is 10.5. The van der Waals surface area contributed by atoms with Crippen molar-refractivity contribution in [3.05, 3.63) is 35.9 Å². The predicted molar refractivity (Wildman–Crippen MR) is 103 cm³/mol. The fourth-order valence-electron chi connectivity index (χ4n) is 3.08. The molecule has 2 atom stereocenters. The van der Waals surface area contributed by atoms with Gasteiger partial charge in [0.2, 0.25) is 5.91 Å². The van der Waals surface area contributed by atoms with Crippen LogP contribution in [0.25, 0.3) is 0 Å². The molecule has 0 radical (unpaired) electrons. The number of unbranched alkanes of at least 4 members (excludes halogenated alkanes) is 1. The third kappa shape index (κ3) is 7.14. The summed E-state index contributed by atoms with van der Waals surface area (Å²) in [7, 11) is 0. The van der Waals surface area contributed by atoms with Crippen LogP contribution >= 0.6 is 0 Å². The van der Waals surface area contributed by atoms with Crippen molar-refractivity contribution in [2.45, 2.75) is 39.3 Å². The maximum atomic E-state index is 11.8. The van der Waals surface area contributed by atoms with Crippen LogP contribution in [0.4, 0.5) is 0 Å². The van der Waals surface area contributed by atoms with Crippen molar-refractivity contribution in [3.63, 3.8) is 0 Å². The quantitative estimate of drug-likeness (QED) is 0.668. The van der Waals surface area contributed by atoms with Crippen LogP contribution in [0.2, 0.25) is 0 Å². The van der Waals surface area contributed by atoms with E-state index in [1.165, 1.54) is 5.56 Å². The summed E-state index contributed by atoms with van der Waals surface area (Å²) < 4.78 is 0. The van der Waals surface area contributed by atoms with Gasteiger partial charge in [-0.2, -0.15) is 0 Å².